The molecule has 34 heavy (non-hydrogen) atoms. The molecule has 2 aliphatic rings. The lowest BCUT2D eigenvalue weighted by Gasteiger charge is -2.34. The minimum absolute atomic E-state index is 0. The van der Waals surface area contributed by atoms with Crippen LogP contribution in [0.1, 0.15) is 55.7 Å². The Morgan fingerprint density at radius 3 is 2.38 bits per heavy atom. The summed E-state index contributed by atoms with van der Waals surface area (Å²) in [6.45, 7) is 1.64. The third kappa shape index (κ3) is 6.79. The molecule has 0 amide bonds. The van der Waals surface area contributed by atoms with Gasteiger partial charge in [-0.15, -0.1) is 24.8 Å². The van der Waals surface area contributed by atoms with Crippen molar-refractivity contribution in [2.75, 3.05) is 24.2 Å². The van der Waals surface area contributed by atoms with Crippen molar-refractivity contribution in [3.05, 3.63) is 59.7 Å². The van der Waals surface area contributed by atoms with Gasteiger partial charge in [-0.1, -0.05) is 43.2 Å². The number of methoxy groups -OCH3 is 1. The van der Waals surface area contributed by atoms with E-state index in [-0.39, 0.29) is 36.9 Å². The van der Waals surface area contributed by atoms with Gasteiger partial charge in [-0.25, -0.2) is 8.42 Å². The van der Waals surface area contributed by atoms with Gasteiger partial charge in [-0.2, -0.15) is 0 Å². The van der Waals surface area contributed by atoms with E-state index < -0.39 is 10.0 Å². The number of hydrogen-bond acceptors (Lipinski definition) is 5. The maximum absolute atomic E-state index is 12.7. The summed E-state index contributed by atoms with van der Waals surface area (Å²) in [6.07, 6.45) is 7.52. The average Bonchev–Trinajstić information content (AvgIpc) is 3.32. The van der Waals surface area contributed by atoms with Gasteiger partial charge in [0.15, 0.2) is 0 Å². The Morgan fingerprint density at radius 1 is 1.03 bits per heavy atom. The van der Waals surface area contributed by atoms with Crippen LogP contribution in [0.15, 0.2) is 48.5 Å². The molecule has 6 nitrogen and oxygen atoms in total. The topological polar surface area (TPSA) is 70.7 Å². The highest BCUT2D eigenvalue weighted by Crippen LogP contribution is 2.33. The fraction of sp³-hybridized carbons (Fsp3) is 0.520. The van der Waals surface area contributed by atoms with Gasteiger partial charge in [-0.05, 0) is 56.0 Å². The van der Waals surface area contributed by atoms with Crippen LogP contribution in [0.4, 0.5) is 5.69 Å². The summed E-state index contributed by atoms with van der Waals surface area (Å²) in [5, 5.41) is 7.38. The Labute approximate surface area is 216 Å². The van der Waals surface area contributed by atoms with Gasteiger partial charge < -0.3 is 15.4 Å². The van der Waals surface area contributed by atoms with E-state index in [1.54, 1.807) is 11.4 Å². The zero-order valence-corrected chi connectivity index (χ0v) is 22.4. The van der Waals surface area contributed by atoms with Crippen molar-refractivity contribution in [1.29, 1.82) is 0 Å². The first kappa shape index (κ1) is 28.7. The molecule has 190 valence electrons. The third-order valence-electron chi connectivity index (χ3n) is 6.70. The summed E-state index contributed by atoms with van der Waals surface area (Å²) in [5.41, 5.74) is 3.00. The van der Waals surface area contributed by atoms with Crippen molar-refractivity contribution in [1.82, 2.24) is 10.6 Å². The van der Waals surface area contributed by atoms with Gasteiger partial charge in [0.05, 0.1) is 19.1 Å². The maximum Gasteiger partial charge on any atom is 0.232 e. The number of hydrogen-bond donors (Lipinski definition) is 2. The number of nitrogens with one attached hydrogen (secondary N) is 2. The SMILES string of the molecule is COc1ccc(N(C2CCCC2)S(C)(=O)=O)cc1CNC1CCCNC1c1ccccc1.Cl.Cl. The highest BCUT2D eigenvalue weighted by atomic mass is 35.5. The van der Waals surface area contributed by atoms with Crippen LogP contribution in [0.3, 0.4) is 0 Å². The zero-order valence-electron chi connectivity index (χ0n) is 19.9. The summed E-state index contributed by atoms with van der Waals surface area (Å²) >= 11 is 0. The Morgan fingerprint density at radius 2 is 1.74 bits per heavy atom. The number of ether oxygens (including phenoxy) is 1. The number of nitrogens with zero attached hydrogens (tertiary/aromatic N) is 1. The normalized spacial score (nSPS) is 20.8. The Bertz CT molecular complexity index is 1000. The van der Waals surface area contributed by atoms with E-state index in [0.29, 0.717) is 12.6 Å². The monoisotopic (exact) mass is 529 g/mol. The molecule has 9 heteroatoms. The molecule has 0 bridgehead atoms. The summed E-state index contributed by atoms with van der Waals surface area (Å²) in [7, 11) is -1.69. The van der Waals surface area contributed by atoms with Crippen LogP contribution < -0.4 is 19.7 Å². The van der Waals surface area contributed by atoms with Crippen LogP contribution in [0, 0.1) is 0 Å². The Balaban J connectivity index is 0.00000204. The van der Waals surface area contributed by atoms with Crippen molar-refractivity contribution in [2.45, 2.75) is 63.2 Å². The van der Waals surface area contributed by atoms with E-state index in [1.165, 1.54) is 11.8 Å². The lowest BCUT2D eigenvalue weighted by atomic mass is 9.92. The smallest absolute Gasteiger partial charge is 0.232 e. The van der Waals surface area contributed by atoms with Crippen LogP contribution in [0.25, 0.3) is 0 Å². The van der Waals surface area contributed by atoms with E-state index in [0.717, 1.165) is 62.1 Å². The van der Waals surface area contributed by atoms with Crippen LogP contribution in [0.5, 0.6) is 5.75 Å². The highest BCUT2D eigenvalue weighted by Gasteiger charge is 2.30. The standard InChI is InChI=1S/C25H35N3O3S.2ClH/c1-31-24-15-14-22(28(32(2,29)30)21-11-6-7-12-21)17-20(24)18-27-23-13-8-16-26-25(23)19-9-4-3-5-10-19;;/h3-5,9-10,14-15,17,21,23,25-27H,6-8,11-13,16,18H2,1-2H3;2*1H. The van der Waals surface area contributed by atoms with E-state index in [4.69, 9.17) is 4.74 Å². The molecule has 2 fully saturated rings. The van der Waals surface area contributed by atoms with Crippen molar-refractivity contribution >= 4 is 40.5 Å². The summed E-state index contributed by atoms with van der Waals surface area (Å²) in [4.78, 5) is 0. The Hall–Kier alpha value is -1.51. The number of rotatable bonds is 8. The second kappa shape index (κ2) is 13.0. The third-order valence-corrected chi connectivity index (χ3v) is 7.93. The number of piperidine rings is 1. The van der Waals surface area contributed by atoms with Crippen LogP contribution in [-0.2, 0) is 16.6 Å². The van der Waals surface area contributed by atoms with Crippen LogP contribution in [-0.4, -0.2) is 40.4 Å². The fourth-order valence-corrected chi connectivity index (χ4v) is 6.46. The average molecular weight is 531 g/mol. The van der Waals surface area contributed by atoms with Gasteiger partial charge in [0.25, 0.3) is 0 Å². The molecule has 2 N–H and O–H groups in total. The lowest BCUT2D eigenvalue weighted by Crippen LogP contribution is -2.45. The molecule has 2 unspecified atom stereocenters. The molecule has 0 spiro atoms. The fourth-order valence-electron chi connectivity index (χ4n) is 5.21. The van der Waals surface area contributed by atoms with Crippen LogP contribution >= 0.6 is 24.8 Å². The van der Waals surface area contributed by atoms with Gasteiger partial charge in [0.1, 0.15) is 5.75 Å². The second-order valence-electron chi connectivity index (χ2n) is 8.97. The number of halogens is 2. The van der Waals surface area contributed by atoms with Gasteiger partial charge in [-0.3, -0.25) is 4.31 Å². The minimum Gasteiger partial charge on any atom is -0.496 e. The molecule has 2 aromatic carbocycles. The highest BCUT2D eigenvalue weighted by molar-refractivity contribution is 7.92. The second-order valence-corrected chi connectivity index (χ2v) is 10.8. The van der Waals surface area contributed by atoms with Gasteiger partial charge in [0.2, 0.25) is 10.0 Å². The number of sulfonamides is 1. The maximum atomic E-state index is 12.7. The van der Waals surface area contributed by atoms with E-state index in [2.05, 4.69) is 34.9 Å². The molecular formula is C25H37Cl2N3O3S. The van der Waals surface area contributed by atoms with Crippen LogP contribution in [0.2, 0.25) is 0 Å². The first-order chi connectivity index (χ1) is 15.5. The van der Waals surface area contributed by atoms with Gasteiger partial charge in [0, 0.05) is 30.2 Å². The number of benzene rings is 2. The molecule has 0 aromatic heterocycles. The first-order valence-corrected chi connectivity index (χ1v) is 13.5. The number of anilines is 1. The van der Waals surface area contributed by atoms with Crippen molar-refractivity contribution in [3.63, 3.8) is 0 Å². The molecule has 1 heterocycles. The first-order valence-electron chi connectivity index (χ1n) is 11.7. The predicted octanol–water partition coefficient (Wildman–Crippen LogP) is 4.83. The summed E-state index contributed by atoms with van der Waals surface area (Å²) in [6, 6.07) is 16.9. The predicted molar refractivity (Wildman–Crippen MR) is 144 cm³/mol. The van der Waals surface area contributed by atoms with Crippen molar-refractivity contribution < 1.29 is 13.2 Å². The molecule has 1 saturated carbocycles. The molecule has 1 saturated heterocycles. The minimum atomic E-state index is -3.36. The molecule has 1 aliphatic carbocycles. The zero-order chi connectivity index (χ0) is 22.6. The van der Waals surface area contributed by atoms with E-state index in [9.17, 15) is 8.42 Å². The van der Waals surface area contributed by atoms with E-state index >= 15 is 0 Å². The largest absolute Gasteiger partial charge is 0.496 e. The molecule has 1 aliphatic heterocycles. The Kier molecular flexibility index (Phi) is 11.0. The van der Waals surface area contributed by atoms with Crippen molar-refractivity contribution in [3.8, 4) is 5.75 Å². The molecule has 4 rings (SSSR count). The molecule has 0 radical (unpaired) electrons. The van der Waals surface area contributed by atoms with E-state index in [1.807, 2.05) is 24.3 Å². The molecule has 2 atom stereocenters. The molecular weight excluding hydrogens is 493 g/mol. The van der Waals surface area contributed by atoms with Crippen molar-refractivity contribution in [2.24, 2.45) is 0 Å². The summed E-state index contributed by atoms with van der Waals surface area (Å²) in [5.74, 6) is 0.779. The molecule has 2 aromatic rings. The lowest BCUT2D eigenvalue weighted by molar-refractivity contribution is 0.303. The van der Waals surface area contributed by atoms with Gasteiger partial charge >= 0.3 is 0 Å². The summed E-state index contributed by atoms with van der Waals surface area (Å²) < 4.78 is 32.6. The quantitative estimate of drug-likeness (QED) is 0.512.